The largest absolute Gasteiger partial charge is 0.486 e. The standard InChI is InChI=1S/C17H14Cl2FN3OS/c1-23-16(9-24-12-6-7-15(20)14(19)8-12)21-22-17(23)25-10-11-4-2-3-5-13(11)18/h2-8H,9-10H2,1H3. The Hall–Kier alpha value is -1.76. The fraction of sp³-hybridized carbons (Fsp3) is 0.176. The van der Waals surface area contributed by atoms with Gasteiger partial charge in [0.1, 0.15) is 18.2 Å². The van der Waals surface area contributed by atoms with Crippen LogP contribution in [0, 0.1) is 5.82 Å². The molecule has 3 rings (SSSR count). The second-order valence-corrected chi connectivity index (χ2v) is 6.96. The predicted octanol–water partition coefficient (Wildman–Crippen LogP) is 5.13. The van der Waals surface area contributed by atoms with Crippen molar-refractivity contribution in [3.63, 3.8) is 0 Å². The van der Waals surface area contributed by atoms with Crippen LogP contribution in [-0.4, -0.2) is 14.8 Å². The molecule has 0 radical (unpaired) electrons. The molecule has 1 aromatic heterocycles. The molecule has 0 N–H and O–H groups in total. The van der Waals surface area contributed by atoms with Crippen molar-refractivity contribution in [3.05, 3.63) is 69.7 Å². The first kappa shape index (κ1) is 18.0. The van der Waals surface area contributed by atoms with Crippen LogP contribution in [0.4, 0.5) is 4.39 Å². The molecule has 0 fully saturated rings. The number of benzene rings is 2. The number of aromatic nitrogens is 3. The zero-order valence-electron chi connectivity index (χ0n) is 13.2. The molecule has 0 aliphatic heterocycles. The van der Waals surface area contributed by atoms with Crippen LogP contribution in [-0.2, 0) is 19.4 Å². The Balaban J connectivity index is 1.62. The lowest BCUT2D eigenvalue weighted by Crippen LogP contribution is -2.04. The zero-order chi connectivity index (χ0) is 17.8. The van der Waals surface area contributed by atoms with Crippen molar-refractivity contribution >= 4 is 35.0 Å². The Kier molecular flexibility index (Phi) is 5.83. The molecule has 0 unspecified atom stereocenters. The van der Waals surface area contributed by atoms with Crippen LogP contribution >= 0.6 is 35.0 Å². The van der Waals surface area contributed by atoms with E-state index in [1.54, 1.807) is 0 Å². The first-order chi connectivity index (χ1) is 12.0. The van der Waals surface area contributed by atoms with Crippen molar-refractivity contribution in [2.75, 3.05) is 0 Å². The molecule has 2 aromatic carbocycles. The van der Waals surface area contributed by atoms with Gasteiger partial charge in [-0.05, 0) is 23.8 Å². The van der Waals surface area contributed by atoms with E-state index in [-0.39, 0.29) is 11.6 Å². The van der Waals surface area contributed by atoms with Gasteiger partial charge in [-0.1, -0.05) is 53.2 Å². The minimum Gasteiger partial charge on any atom is -0.486 e. The number of ether oxygens (including phenoxy) is 1. The van der Waals surface area contributed by atoms with Crippen LogP contribution in [0.1, 0.15) is 11.4 Å². The van der Waals surface area contributed by atoms with Gasteiger partial charge in [-0.15, -0.1) is 10.2 Å². The maximum Gasteiger partial charge on any atom is 0.191 e. The zero-order valence-corrected chi connectivity index (χ0v) is 15.6. The summed E-state index contributed by atoms with van der Waals surface area (Å²) in [6, 6.07) is 11.9. The average Bonchev–Trinajstić information content (AvgIpc) is 2.95. The number of nitrogens with zero attached hydrogens (tertiary/aromatic N) is 3. The van der Waals surface area contributed by atoms with Gasteiger partial charge >= 0.3 is 0 Å². The Morgan fingerprint density at radius 1 is 1.12 bits per heavy atom. The first-order valence-electron chi connectivity index (χ1n) is 7.37. The summed E-state index contributed by atoms with van der Waals surface area (Å²) in [5.74, 6) is 1.34. The summed E-state index contributed by atoms with van der Waals surface area (Å²) in [6.07, 6.45) is 0. The number of thioether (sulfide) groups is 1. The molecular formula is C17H14Cl2FN3OS. The third-order valence-corrected chi connectivity index (χ3v) is 5.23. The molecule has 0 spiro atoms. The van der Waals surface area contributed by atoms with E-state index >= 15 is 0 Å². The molecule has 0 saturated heterocycles. The van der Waals surface area contributed by atoms with Crippen LogP contribution < -0.4 is 4.74 Å². The maximum atomic E-state index is 13.2. The molecule has 0 atom stereocenters. The smallest absolute Gasteiger partial charge is 0.191 e. The third kappa shape index (κ3) is 4.45. The van der Waals surface area contributed by atoms with E-state index in [0.717, 1.165) is 15.7 Å². The van der Waals surface area contributed by atoms with Crippen molar-refractivity contribution in [1.29, 1.82) is 0 Å². The van der Waals surface area contributed by atoms with Gasteiger partial charge in [-0.3, -0.25) is 0 Å². The van der Waals surface area contributed by atoms with Crippen LogP contribution in [0.3, 0.4) is 0 Å². The Bertz CT molecular complexity index is 888. The Morgan fingerprint density at radius 3 is 2.68 bits per heavy atom. The normalized spacial score (nSPS) is 10.9. The second kappa shape index (κ2) is 8.08. The van der Waals surface area contributed by atoms with Crippen molar-refractivity contribution in [3.8, 4) is 5.75 Å². The molecule has 3 aromatic rings. The summed E-state index contributed by atoms with van der Waals surface area (Å²) in [7, 11) is 1.87. The van der Waals surface area contributed by atoms with Gasteiger partial charge in [0.15, 0.2) is 11.0 Å². The van der Waals surface area contributed by atoms with Gasteiger partial charge in [-0.25, -0.2) is 4.39 Å². The highest BCUT2D eigenvalue weighted by Gasteiger charge is 2.11. The van der Waals surface area contributed by atoms with Gasteiger partial charge in [0.2, 0.25) is 0 Å². The topological polar surface area (TPSA) is 39.9 Å². The van der Waals surface area contributed by atoms with Gasteiger partial charge in [0.25, 0.3) is 0 Å². The summed E-state index contributed by atoms with van der Waals surface area (Å²) < 4.78 is 20.6. The second-order valence-electron chi connectivity index (χ2n) is 5.20. The van der Waals surface area contributed by atoms with E-state index in [9.17, 15) is 4.39 Å². The van der Waals surface area contributed by atoms with Crippen molar-refractivity contribution in [2.45, 2.75) is 17.5 Å². The third-order valence-electron chi connectivity index (χ3n) is 3.50. The molecule has 0 bridgehead atoms. The lowest BCUT2D eigenvalue weighted by Gasteiger charge is -2.07. The Labute approximate surface area is 158 Å². The van der Waals surface area contributed by atoms with E-state index in [1.807, 2.05) is 35.9 Å². The highest BCUT2D eigenvalue weighted by Crippen LogP contribution is 2.26. The lowest BCUT2D eigenvalue weighted by molar-refractivity contribution is 0.290. The molecule has 0 aliphatic carbocycles. The van der Waals surface area contributed by atoms with E-state index in [2.05, 4.69) is 10.2 Å². The molecule has 1 heterocycles. The summed E-state index contributed by atoms with van der Waals surface area (Å²) in [5, 5.41) is 9.81. The number of hydrogen-bond donors (Lipinski definition) is 0. The average molecular weight is 398 g/mol. The number of hydrogen-bond acceptors (Lipinski definition) is 4. The Morgan fingerprint density at radius 2 is 1.92 bits per heavy atom. The van der Waals surface area contributed by atoms with Crippen molar-refractivity contribution in [2.24, 2.45) is 7.05 Å². The van der Waals surface area contributed by atoms with E-state index < -0.39 is 5.82 Å². The molecule has 0 amide bonds. The van der Waals surface area contributed by atoms with E-state index in [4.69, 9.17) is 27.9 Å². The van der Waals surface area contributed by atoms with E-state index in [0.29, 0.717) is 17.3 Å². The van der Waals surface area contributed by atoms with Gasteiger partial charge in [0, 0.05) is 23.9 Å². The first-order valence-corrected chi connectivity index (χ1v) is 9.11. The number of rotatable bonds is 6. The van der Waals surface area contributed by atoms with Gasteiger partial charge < -0.3 is 9.30 Å². The van der Waals surface area contributed by atoms with Crippen LogP contribution in [0.5, 0.6) is 5.75 Å². The molecule has 130 valence electrons. The molecule has 0 saturated carbocycles. The predicted molar refractivity (Wildman–Crippen MR) is 97.8 cm³/mol. The highest BCUT2D eigenvalue weighted by molar-refractivity contribution is 7.98. The molecule has 25 heavy (non-hydrogen) atoms. The molecule has 4 nitrogen and oxygen atoms in total. The fourth-order valence-electron chi connectivity index (χ4n) is 2.07. The highest BCUT2D eigenvalue weighted by atomic mass is 35.5. The van der Waals surface area contributed by atoms with E-state index in [1.165, 1.54) is 30.0 Å². The fourth-order valence-corrected chi connectivity index (χ4v) is 3.45. The van der Waals surface area contributed by atoms with Crippen molar-refractivity contribution < 1.29 is 9.13 Å². The lowest BCUT2D eigenvalue weighted by atomic mass is 10.2. The van der Waals surface area contributed by atoms with Crippen molar-refractivity contribution in [1.82, 2.24) is 14.8 Å². The summed E-state index contributed by atoms with van der Waals surface area (Å²) in [4.78, 5) is 0. The van der Waals surface area contributed by atoms with Crippen LogP contribution in [0.25, 0.3) is 0 Å². The number of halogens is 3. The molecule has 0 aliphatic rings. The van der Waals surface area contributed by atoms with Crippen LogP contribution in [0.2, 0.25) is 10.0 Å². The molecular weight excluding hydrogens is 384 g/mol. The van der Waals surface area contributed by atoms with Gasteiger partial charge in [-0.2, -0.15) is 0 Å². The minimum absolute atomic E-state index is 0.0199. The maximum absolute atomic E-state index is 13.2. The SMILES string of the molecule is Cn1c(COc2ccc(F)c(Cl)c2)nnc1SCc1ccccc1Cl. The van der Waals surface area contributed by atoms with Gasteiger partial charge in [0.05, 0.1) is 5.02 Å². The quantitative estimate of drug-likeness (QED) is 0.540. The summed E-state index contributed by atoms with van der Waals surface area (Å²) >= 11 is 13.4. The summed E-state index contributed by atoms with van der Waals surface area (Å²) in [6.45, 7) is 0.206. The summed E-state index contributed by atoms with van der Waals surface area (Å²) in [5.41, 5.74) is 1.04. The monoisotopic (exact) mass is 397 g/mol. The molecule has 8 heteroatoms. The van der Waals surface area contributed by atoms with Crippen LogP contribution in [0.15, 0.2) is 47.6 Å². The minimum atomic E-state index is -0.481.